The topological polar surface area (TPSA) is 38.1 Å². The van der Waals surface area contributed by atoms with E-state index < -0.39 is 0 Å². The molecule has 0 aromatic carbocycles. The van der Waals surface area contributed by atoms with Crippen LogP contribution in [0.4, 0.5) is 0 Å². The van der Waals surface area contributed by atoms with Crippen molar-refractivity contribution in [2.45, 2.75) is 26.8 Å². The summed E-state index contributed by atoms with van der Waals surface area (Å²) < 4.78 is 0. The second kappa shape index (κ2) is 3.95. The maximum Gasteiger partial charge on any atom is 0.115 e. The predicted molar refractivity (Wildman–Crippen MR) is 49.4 cm³/mol. The van der Waals surface area contributed by atoms with Gasteiger partial charge in [0.15, 0.2) is 0 Å². The summed E-state index contributed by atoms with van der Waals surface area (Å²) in [6.07, 6.45) is 5.06. The van der Waals surface area contributed by atoms with Crippen molar-refractivity contribution in [3.05, 3.63) is 24.3 Å². The van der Waals surface area contributed by atoms with Crippen LogP contribution < -0.4 is 0 Å². The smallest absolute Gasteiger partial charge is 0.115 e. The van der Waals surface area contributed by atoms with Crippen molar-refractivity contribution in [3.63, 3.8) is 0 Å². The van der Waals surface area contributed by atoms with Crippen molar-refractivity contribution in [2.24, 2.45) is 4.99 Å². The fourth-order valence-corrected chi connectivity index (χ4v) is 0.948. The third-order valence-corrected chi connectivity index (χ3v) is 1.43. The fraction of sp³-hybridized carbons (Fsp3) is 0.444. The van der Waals surface area contributed by atoms with E-state index in [1.54, 1.807) is 12.4 Å². The molecule has 0 bridgehead atoms. The maximum atomic E-state index is 4.38. The van der Waals surface area contributed by atoms with Crippen LogP contribution in [-0.4, -0.2) is 21.7 Å². The third kappa shape index (κ3) is 2.42. The molecule has 0 aliphatic rings. The monoisotopic (exact) mass is 163 g/mol. The molecule has 0 saturated heterocycles. The number of aromatic nitrogens is 2. The Labute approximate surface area is 72.6 Å². The lowest BCUT2D eigenvalue weighted by Crippen LogP contribution is -2.01. The Morgan fingerprint density at radius 3 is 2.42 bits per heavy atom. The van der Waals surface area contributed by atoms with Crippen molar-refractivity contribution >= 4 is 5.71 Å². The lowest BCUT2D eigenvalue weighted by molar-refractivity contribution is 0.835. The van der Waals surface area contributed by atoms with Crippen LogP contribution >= 0.6 is 0 Å². The highest BCUT2D eigenvalue weighted by Crippen LogP contribution is 1.98. The van der Waals surface area contributed by atoms with Gasteiger partial charge in [0, 0.05) is 29.7 Å². The first kappa shape index (κ1) is 8.84. The van der Waals surface area contributed by atoms with Gasteiger partial charge in [-0.2, -0.15) is 0 Å². The van der Waals surface area contributed by atoms with E-state index in [-0.39, 0.29) is 0 Å². The van der Waals surface area contributed by atoms with Crippen LogP contribution in [0.5, 0.6) is 0 Å². The van der Waals surface area contributed by atoms with Crippen LogP contribution in [0.15, 0.2) is 23.7 Å². The van der Waals surface area contributed by atoms with Crippen LogP contribution in [0.2, 0.25) is 0 Å². The van der Waals surface area contributed by atoms with Gasteiger partial charge in [0.2, 0.25) is 0 Å². The minimum absolute atomic E-state index is 0.324. The van der Waals surface area contributed by atoms with E-state index in [0.29, 0.717) is 6.04 Å². The van der Waals surface area contributed by atoms with Gasteiger partial charge in [-0.3, -0.25) is 4.99 Å². The zero-order valence-corrected chi connectivity index (χ0v) is 7.65. The zero-order chi connectivity index (χ0) is 8.97. The van der Waals surface area contributed by atoms with Gasteiger partial charge in [-0.05, 0) is 20.8 Å². The quantitative estimate of drug-likeness (QED) is 0.622. The molecule has 0 fully saturated rings. The molecular weight excluding hydrogens is 150 g/mol. The molecule has 3 heteroatoms. The van der Waals surface area contributed by atoms with Gasteiger partial charge in [0.05, 0.1) is 0 Å². The van der Waals surface area contributed by atoms with Gasteiger partial charge < -0.3 is 0 Å². The minimum Gasteiger partial charge on any atom is -0.287 e. The summed E-state index contributed by atoms with van der Waals surface area (Å²) in [6, 6.07) is 0.324. The summed E-state index contributed by atoms with van der Waals surface area (Å²) in [5.74, 6) is 0. The Hall–Kier alpha value is -1.25. The molecule has 1 aromatic rings. The van der Waals surface area contributed by atoms with Gasteiger partial charge in [-0.15, -0.1) is 0 Å². The van der Waals surface area contributed by atoms with Gasteiger partial charge in [0.25, 0.3) is 0 Å². The van der Waals surface area contributed by atoms with Crippen LogP contribution in [-0.2, 0) is 0 Å². The summed E-state index contributed by atoms with van der Waals surface area (Å²) in [5, 5.41) is 0. The first-order valence-corrected chi connectivity index (χ1v) is 4.00. The number of hydrogen-bond acceptors (Lipinski definition) is 3. The second-order valence-electron chi connectivity index (χ2n) is 2.94. The standard InChI is InChI=1S/C9H13N3/c1-7(2)12-8(3)9-4-10-6-11-5-9/h4-7H,1-3H3. The Morgan fingerprint density at radius 1 is 1.33 bits per heavy atom. The molecule has 1 aromatic heterocycles. The third-order valence-electron chi connectivity index (χ3n) is 1.43. The van der Waals surface area contributed by atoms with E-state index in [4.69, 9.17) is 0 Å². The number of rotatable bonds is 2. The molecule has 0 atom stereocenters. The molecule has 0 unspecified atom stereocenters. The Kier molecular flexibility index (Phi) is 2.91. The van der Waals surface area contributed by atoms with Crippen LogP contribution in [0, 0.1) is 0 Å². The lowest BCUT2D eigenvalue weighted by Gasteiger charge is -2.01. The van der Waals surface area contributed by atoms with E-state index in [1.165, 1.54) is 6.33 Å². The zero-order valence-electron chi connectivity index (χ0n) is 7.65. The van der Waals surface area contributed by atoms with Gasteiger partial charge >= 0.3 is 0 Å². The molecule has 1 heterocycles. The molecule has 12 heavy (non-hydrogen) atoms. The summed E-state index contributed by atoms with van der Waals surface area (Å²) in [6.45, 7) is 6.07. The molecule has 3 nitrogen and oxygen atoms in total. The molecule has 0 N–H and O–H groups in total. The molecule has 0 amide bonds. The van der Waals surface area contributed by atoms with Gasteiger partial charge in [-0.1, -0.05) is 0 Å². The summed E-state index contributed by atoms with van der Waals surface area (Å²) in [5.41, 5.74) is 1.98. The van der Waals surface area contributed by atoms with E-state index in [0.717, 1.165) is 11.3 Å². The minimum atomic E-state index is 0.324. The summed E-state index contributed by atoms with van der Waals surface area (Å²) in [4.78, 5) is 12.2. The van der Waals surface area contributed by atoms with E-state index in [1.807, 2.05) is 20.8 Å². The van der Waals surface area contributed by atoms with E-state index >= 15 is 0 Å². The molecule has 0 aliphatic heterocycles. The molecule has 0 spiro atoms. The molecular formula is C9H13N3. The number of aliphatic imine (C=N–C) groups is 1. The van der Waals surface area contributed by atoms with Crippen LogP contribution in [0.1, 0.15) is 26.3 Å². The first-order valence-electron chi connectivity index (χ1n) is 4.00. The highest BCUT2D eigenvalue weighted by Gasteiger charge is 1.97. The number of hydrogen-bond donors (Lipinski definition) is 0. The maximum absolute atomic E-state index is 4.38. The van der Waals surface area contributed by atoms with Crippen molar-refractivity contribution in [1.29, 1.82) is 0 Å². The highest BCUT2D eigenvalue weighted by molar-refractivity contribution is 5.98. The van der Waals surface area contributed by atoms with Crippen molar-refractivity contribution < 1.29 is 0 Å². The average molecular weight is 163 g/mol. The van der Waals surface area contributed by atoms with E-state index in [9.17, 15) is 0 Å². The Morgan fingerprint density at radius 2 is 1.92 bits per heavy atom. The van der Waals surface area contributed by atoms with Crippen LogP contribution in [0.3, 0.4) is 0 Å². The lowest BCUT2D eigenvalue weighted by atomic mass is 10.2. The van der Waals surface area contributed by atoms with Crippen molar-refractivity contribution in [3.8, 4) is 0 Å². The van der Waals surface area contributed by atoms with E-state index in [2.05, 4.69) is 15.0 Å². The SMILES string of the molecule is CC(=NC(C)C)c1cncnc1. The molecule has 1 rings (SSSR count). The Balaban J connectivity index is 2.85. The highest BCUT2D eigenvalue weighted by atomic mass is 14.8. The first-order chi connectivity index (χ1) is 5.70. The normalized spacial score (nSPS) is 12.2. The molecule has 0 radical (unpaired) electrons. The average Bonchev–Trinajstić information content (AvgIpc) is 2.05. The molecule has 0 saturated carbocycles. The number of nitrogens with zero attached hydrogens (tertiary/aromatic N) is 3. The van der Waals surface area contributed by atoms with Gasteiger partial charge in [-0.25, -0.2) is 9.97 Å². The Bertz CT molecular complexity index is 264. The summed E-state index contributed by atoms with van der Waals surface area (Å²) >= 11 is 0. The largest absolute Gasteiger partial charge is 0.287 e. The van der Waals surface area contributed by atoms with Crippen molar-refractivity contribution in [1.82, 2.24) is 9.97 Å². The molecule has 0 aliphatic carbocycles. The predicted octanol–water partition coefficient (Wildman–Crippen LogP) is 1.69. The fourth-order valence-electron chi connectivity index (χ4n) is 0.948. The second-order valence-corrected chi connectivity index (χ2v) is 2.94. The summed E-state index contributed by atoms with van der Waals surface area (Å²) in [7, 11) is 0. The van der Waals surface area contributed by atoms with Gasteiger partial charge in [0.1, 0.15) is 6.33 Å². The van der Waals surface area contributed by atoms with Crippen molar-refractivity contribution in [2.75, 3.05) is 0 Å². The molecule has 64 valence electrons. The van der Waals surface area contributed by atoms with Crippen LogP contribution in [0.25, 0.3) is 0 Å².